The molecule has 1 aromatic heterocycles. The Morgan fingerprint density at radius 3 is 2.89 bits per heavy atom. The van der Waals surface area contributed by atoms with E-state index in [4.69, 9.17) is 11.6 Å². The molecule has 0 aliphatic rings. The van der Waals surface area contributed by atoms with Gasteiger partial charge in [0.2, 0.25) is 0 Å². The second-order valence-corrected chi connectivity index (χ2v) is 7.07. The predicted molar refractivity (Wildman–Crippen MR) is 86.0 cm³/mol. The molecule has 0 saturated heterocycles. The maximum Gasteiger partial charge on any atom is 0.0519 e. The lowest BCUT2D eigenvalue weighted by atomic mass is 10.3. The fourth-order valence-corrected chi connectivity index (χ4v) is 4.78. The fourth-order valence-electron chi connectivity index (χ4n) is 1.58. The van der Waals surface area contributed by atoms with Gasteiger partial charge in [0.05, 0.1) is 6.04 Å². The third-order valence-electron chi connectivity index (χ3n) is 2.52. The van der Waals surface area contributed by atoms with E-state index in [1.807, 2.05) is 37.0 Å². The van der Waals surface area contributed by atoms with Gasteiger partial charge in [-0.3, -0.25) is 0 Å². The Kier molecular flexibility index (Phi) is 5.57. The highest BCUT2D eigenvalue weighted by Crippen LogP contribution is 2.33. The van der Waals surface area contributed by atoms with Gasteiger partial charge in [-0.1, -0.05) is 17.7 Å². The molecule has 18 heavy (non-hydrogen) atoms. The lowest BCUT2D eigenvalue weighted by Gasteiger charge is -2.15. The molecule has 0 bridgehead atoms. The van der Waals surface area contributed by atoms with Crippen molar-refractivity contribution < 1.29 is 0 Å². The number of hydrogen-bond acceptors (Lipinski definition) is 3. The van der Waals surface area contributed by atoms with Crippen LogP contribution in [0.5, 0.6) is 0 Å². The molecule has 1 unspecified atom stereocenters. The van der Waals surface area contributed by atoms with Crippen LogP contribution in [0.2, 0.25) is 5.02 Å². The van der Waals surface area contributed by atoms with E-state index in [0.29, 0.717) is 6.04 Å². The van der Waals surface area contributed by atoms with E-state index < -0.39 is 0 Å². The van der Waals surface area contributed by atoms with Crippen LogP contribution in [0.1, 0.15) is 10.9 Å². The number of hydrogen-bond donors (Lipinski definition) is 1. The van der Waals surface area contributed by atoms with Gasteiger partial charge in [-0.05, 0) is 52.6 Å². The first-order valence-corrected chi connectivity index (χ1v) is 8.53. The highest BCUT2D eigenvalue weighted by atomic mass is 79.9. The number of benzene rings is 1. The fraction of sp³-hybridized carbons (Fsp3) is 0.231. The van der Waals surface area contributed by atoms with Crippen LogP contribution in [0.15, 0.2) is 45.1 Å². The molecule has 5 heteroatoms. The van der Waals surface area contributed by atoms with Crippen molar-refractivity contribution in [3.8, 4) is 0 Å². The third-order valence-corrected chi connectivity index (χ3v) is 5.83. The topological polar surface area (TPSA) is 12.0 Å². The number of halogens is 2. The Morgan fingerprint density at radius 1 is 1.44 bits per heavy atom. The van der Waals surface area contributed by atoms with Crippen molar-refractivity contribution in [2.75, 3.05) is 12.8 Å². The third kappa shape index (κ3) is 3.75. The maximum absolute atomic E-state index is 5.98. The summed E-state index contributed by atoms with van der Waals surface area (Å²) in [4.78, 5) is 2.54. The number of nitrogens with one attached hydrogen (secondary N) is 1. The van der Waals surface area contributed by atoms with E-state index in [1.165, 1.54) is 14.2 Å². The Morgan fingerprint density at radius 2 is 2.28 bits per heavy atom. The summed E-state index contributed by atoms with van der Waals surface area (Å²) in [6.07, 6.45) is 0. The van der Waals surface area contributed by atoms with Gasteiger partial charge < -0.3 is 5.32 Å². The smallest absolute Gasteiger partial charge is 0.0519 e. The Bertz CT molecular complexity index is 515. The van der Waals surface area contributed by atoms with Gasteiger partial charge in [0.15, 0.2) is 0 Å². The molecule has 1 heterocycles. The quantitative estimate of drug-likeness (QED) is 0.732. The molecule has 1 nitrogen and oxygen atoms in total. The van der Waals surface area contributed by atoms with Gasteiger partial charge in [0.25, 0.3) is 0 Å². The van der Waals surface area contributed by atoms with Crippen LogP contribution in [-0.4, -0.2) is 12.8 Å². The zero-order valence-corrected chi connectivity index (χ0v) is 13.8. The summed E-state index contributed by atoms with van der Waals surface area (Å²) in [6.45, 7) is 0. The Balaban J connectivity index is 2.02. The summed E-state index contributed by atoms with van der Waals surface area (Å²) in [5, 5.41) is 6.25. The average molecular weight is 363 g/mol. The van der Waals surface area contributed by atoms with Crippen LogP contribution >= 0.6 is 50.6 Å². The maximum atomic E-state index is 5.98. The van der Waals surface area contributed by atoms with Crippen molar-refractivity contribution in [1.82, 2.24) is 5.32 Å². The Hall–Kier alpha value is -0.000000000000000111. The molecular weight excluding hydrogens is 350 g/mol. The van der Waals surface area contributed by atoms with E-state index in [1.54, 1.807) is 11.3 Å². The number of rotatable bonds is 5. The SMILES string of the molecule is CNC(CSc1cccc(Cl)c1)c1sccc1Br. The lowest BCUT2D eigenvalue weighted by Crippen LogP contribution is -2.17. The molecular formula is C13H13BrClNS2. The molecule has 0 aliphatic carbocycles. The van der Waals surface area contributed by atoms with Gasteiger partial charge in [-0.25, -0.2) is 0 Å². The molecule has 0 spiro atoms. The van der Waals surface area contributed by atoms with Crippen LogP contribution in [0.25, 0.3) is 0 Å². The van der Waals surface area contributed by atoms with Crippen molar-refractivity contribution in [3.63, 3.8) is 0 Å². The van der Waals surface area contributed by atoms with E-state index in [2.05, 4.69) is 38.8 Å². The van der Waals surface area contributed by atoms with Crippen molar-refractivity contribution in [2.24, 2.45) is 0 Å². The van der Waals surface area contributed by atoms with Crippen LogP contribution in [0.4, 0.5) is 0 Å². The molecule has 0 radical (unpaired) electrons. The van der Waals surface area contributed by atoms with Crippen molar-refractivity contribution in [3.05, 3.63) is 50.1 Å². The van der Waals surface area contributed by atoms with Crippen molar-refractivity contribution >= 4 is 50.6 Å². The minimum absolute atomic E-state index is 0.350. The van der Waals surface area contributed by atoms with Crippen molar-refractivity contribution in [2.45, 2.75) is 10.9 Å². The minimum atomic E-state index is 0.350. The van der Waals surface area contributed by atoms with Crippen LogP contribution < -0.4 is 5.32 Å². The van der Waals surface area contributed by atoms with Gasteiger partial charge >= 0.3 is 0 Å². The molecule has 1 aromatic carbocycles. The first-order chi connectivity index (χ1) is 8.70. The van der Waals surface area contributed by atoms with Crippen LogP contribution in [0, 0.1) is 0 Å². The van der Waals surface area contributed by atoms with Gasteiger partial charge in [0, 0.05) is 25.0 Å². The number of thioether (sulfide) groups is 1. The van der Waals surface area contributed by atoms with E-state index in [0.717, 1.165) is 10.8 Å². The summed E-state index contributed by atoms with van der Waals surface area (Å²) < 4.78 is 1.18. The van der Waals surface area contributed by atoms with Crippen molar-refractivity contribution in [1.29, 1.82) is 0 Å². The van der Waals surface area contributed by atoms with Gasteiger partial charge in [-0.2, -0.15) is 0 Å². The molecule has 1 atom stereocenters. The summed E-state index contributed by atoms with van der Waals surface area (Å²) in [5.41, 5.74) is 0. The standard InChI is InChI=1S/C13H13BrClNS2/c1-16-12(13-11(14)5-6-17-13)8-18-10-4-2-3-9(15)7-10/h2-7,12,16H,8H2,1H3. The molecule has 0 amide bonds. The summed E-state index contributed by atoms with van der Waals surface area (Å²) in [6, 6.07) is 10.4. The van der Waals surface area contributed by atoms with Gasteiger partial charge in [-0.15, -0.1) is 23.1 Å². The normalized spacial score (nSPS) is 12.6. The van der Waals surface area contributed by atoms with E-state index in [9.17, 15) is 0 Å². The molecule has 0 fully saturated rings. The minimum Gasteiger partial charge on any atom is -0.312 e. The highest BCUT2D eigenvalue weighted by Gasteiger charge is 2.14. The molecule has 0 aliphatic heterocycles. The first-order valence-electron chi connectivity index (χ1n) is 5.49. The number of thiophene rings is 1. The second kappa shape index (κ2) is 6.96. The summed E-state index contributed by atoms with van der Waals surface area (Å²) in [5.74, 6) is 0.982. The zero-order valence-electron chi connectivity index (χ0n) is 9.82. The largest absolute Gasteiger partial charge is 0.312 e. The average Bonchev–Trinajstić information content (AvgIpc) is 2.77. The molecule has 96 valence electrons. The molecule has 2 rings (SSSR count). The van der Waals surface area contributed by atoms with E-state index in [-0.39, 0.29) is 0 Å². The zero-order chi connectivity index (χ0) is 13.0. The highest BCUT2D eigenvalue weighted by molar-refractivity contribution is 9.10. The molecule has 0 saturated carbocycles. The monoisotopic (exact) mass is 361 g/mol. The lowest BCUT2D eigenvalue weighted by molar-refractivity contribution is 0.671. The predicted octanol–water partition coefficient (Wildman–Crippen LogP) is 5.22. The van der Waals surface area contributed by atoms with Crippen LogP contribution in [0.3, 0.4) is 0 Å². The van der Waals surface area contributed by atoms with Gasteiger partial charge in [0.1, 0.15) is 0 Å². The van der Waals surface area contributed by atoms with Crippen LogP contribution in [-0.2, 0) is 0 Å². The summed E-state index contributed by atoms with van der Waals surface area (Å²) >= 11 is 13.2. The first kappa shape index (κ1) is 14.4. The summed E-state index contributed by atoms with van der Waals surface area (Å²) in [7, 11) is 2.00. The Labute approximate surface area is 129 Å². The molecule has 2 aromatic rings. The molecule has 1 N–H and O–H groups in total. The van der Waals surface area contributed by atoms with E-state index >= 15 is 0 Å². The second-order valence-electron chi connectivity index (χ2n) is 3.74.